The lowest BCUT2D eigenvalue weighted by Crippen LogP contribution is -2.33. The molecular weight excluding hydrogens is 358 g/mol. The van der Waals surface area contributed by atoms with Gasteiger partial charge in [0.1, 0.15) is 24.7 Å². The Morgan fingerprint density at radius 2 is 2.07 bits per heavy atom. The van der Waals surface area contributed by atoms with Gasteiger partial charge in [0.2, 0.25) is 5.91 Å². The summed E-state index contributed by atoms with van der Waals surface area (Å²) in [6, 6.07) is 4.12. The summed E-state index contributed by atoms with van der Waals surface area (Å²) in [5.74, 6) is 0.110. The van der Waals surface area contributed by atoms with E-state index in [9.17, 15) is 14.7 Å². The molecule has 10 nitrogen and oxygen atoms in total. The molecule has 0 aliphatic carbocycles. The molecule has 10 heteroatoms. The number of hydrogen-bond acceptors (Lipinski definition) is 8. The third-order valence-corrected chi connectivity index (χ3v) is 3.56. The highest BCUT2D eigenvalue weighted by Gasteiger charge is 2.22. The molecule has 0 saturated heterocycles. The number of ether oxygens (including phenoxy) is 3. The first kappa shape index (κ1) is 20.2. The van der Waals surface area contributed by atoms with Crippen molar-refractivity contribution < 1.29 is 33.4 Å². The molecule has 2 aromatic rings. The Kier molecular flexibility index (Phi) is 7.12. The van der Waals surface area contributed by atoms with E-state index in [1.165, 1.54) is 14.2 Å². The average Bonchev–Trinajstić information content (AvgIpc) is 3.05. The van der Waals surface area contributed by atoms with Crippen LogP contribution in [0.5, 0.6) is 11.5 Å². The number of aliphatic carboxylic acids is 1. The van der Waals surface area contributed by atoms with E-state index in [0.29, 0.717) is 22.9 Å². The predicted octanol–water partition coefficient (Wildman–Crippen LogP) is 1.24. The van der Waals surface area contributed by atoms with Gasteiger partial charge in [-0.05, 0) is 19.1 Å². The fourth-order valence-electron chi connectivity index (χ4n) is 2.39. The normalized spacial score (nSPS) is 11.7. The average molecular weight is 379 g/mol. The SMILES string of the molecule is COc1ccc(C(CC(=O)O)NC(=O)COCc2nc(C)no2)c(OC)c1. The van der Waals surface area contributed by atoms with Crippen molar-refractivity contribution in [2.75, 3.05) is 20.8 Å². The van der Waals surface area contributed by atoms with Crippen LogP contribution < -0.4 is 14.8 Å². The molecular formula is C17H21N3O7. The van der Waals surface area contributed by atoms with Crippen molar-refractivity contribution in [1.29, 1.82) is 0 Å². The number of carboxylic acids is 1. The Hall–Kier alpha value is -3.14. The lowest BCUT2D eigenvalue weighted by atomic mass is 10.0. The van der Waals surface area contributed by atoms with Gasteiger partial charge in [-0.1, -0.05) is 5.16 Å². The van der Waals surface area contributed by atoms with Crippen molar-refractivity contribution in [2.45, 2.75) is 26.0 Å². The minimum atomic E-state index is -1.07. The summed E-state index contributed by atoms with van der Waals surface area (Å²) in [6.07, 6.45) is -0.322. The first-order valence-electron chi connectivity index (χ1n) is 8.03. The first-order chi connectivity index (χ1) is 12.9. The number of carbonyl (C=O) groups is 2. The molecule has 2 N–H and O–H groups in total. The van der Waals surface area contributed by atoms with Crippen LogP contribution in [0.1, 0.15) is 29.7 Å². The molecule has 1 atom stereocenters. The maximum Gasteiger partial charge on any atom is 0.305 e. The maximum atomic E-state index is 12.2. The van der Waals surface area contributed by atoms with E-state index in [2.05, 4.69) is 15.5 Å². The molecule has 1 amide bonds. The van der Waals surface area contributed by atoms with Gasteiger partial charge in [-0.2, -0.15) is 4.98 Å². The van der Waals surface area contributed by atoms with Crippen LogP contribution in [0, 0.1) is 6.92 Å². The molecule has 27 heavy (non-hydrogen) atoms. The molecule has 1 aromatic heterocycles. The number of benzene rings is 1. The lowest BCUT2D eigenvalue weighted by molar-refractivity contribution is -0.138. The molecule has 1 unspecified atom stereocenters. The van der Waals surface area contributed by atoms with Crippen molar-refractivity contribution in [3.05, 3.63) is 35.5 Å². The second-order valence-corrected chi connectivity index (χ2v) is 5.55. The van der Waals surface area contributed by atoms with Crippen molar-refractivity contribution in [3.8, 4) is 11.5 Å². The summed E-state index contributed by atoms with van der Waals surface area (Å²) >= 11 is 0. The zero-order valence-electron chi connectivity index (χ0n) is 15.2. The minimum absolute atomic E-state index is 0.0241. The quantitative estimate of drug-likeness (QED) is 0.625. The fraction of sp³-hybridized carbons (Fsp3) is 0.412. The minimum Gasteiger partial charge on any atom is -0.497 e. The van der Waals surface area contributed by atoms with Crippen molar-refractivity contribution in [2.24, 2.45) is 0 Å². The van der Waals surface area contributed by atoms with Gasteiger partial charge >= 0.3 is 5.97 Å². The van der Waals surface area contributed by atoms with Gasteiger partial charge in [0, 0.05) is 11.6 Å². The summed E-state index contributed by atoms with van der Waals surface area (Å²) in [7, 11) is 2.96. The second kappa shape index (κ2) is 9.53. The van der Waals surface area contributed by atoms with E-state index in [0.717, 1.165) is 0 Å². The van der Waals surface area contributed by atoms with Gasteiger partial charge in [0.05, 0.1) is 26.7 Å². The third-order valence-electron chi connectivity index (χ3n) is 3.56. The number of hydrogen-bond donors (Lipinski definition) is 2. The zero-order valence-corrected chi connectivity index (χ0v) is 15.2. The van der Waals surface area contributed by atoms with E-state index in [4.69, 9.17) is 18.7 Å². The van der Waals surface area contributed by atoms with Crippen LogP contribution in [-0.2, 0) is 20.9 Å². The number of rotatable bonds is 10. The largest absolute Gasteiger partial charge is 0.497 e. The van der Waals surface area contributed by atoms with Gasteiger partial charge in [-0.15, -0.1) is 0 Å². The highest BCUT2D eigenvalue weighted by molar-refractivity contribution is 5.79. The third kappa shape index (κ3) is 5.96. The topological polar surface area (TPSA) is 133 Å². The summed E-state index contributed by atoms with van der Waals surface area (Å²) in [5, 5.41) is 15.4. The molecule has 0 aliphatic heterocycles. The number of amides is 1. The summed E-state index contributed by atoms with van der Waals surface area (Å²) in [6.45, 7) is 1.35. The van der Waals surface area contributed by atoms with E-state index < -0.39 is 17.9 Å². The Bertz CT molecular complexity index is 791. The van der Waals surface area contributed by atoms with Crippen LogP contribution in [-0.4, -0.2) is 48.0 Å². The van der Waals surface area contributed by atoms with Crippen LogP contribution in [0.2, 0.25) is 0 Å². The number of aryl methyl sites for hydroxylation is 1. The fourth-order valence-corrected chi connectivity index (χ4v) is 2.39. The highest BCUT2D eigenvalue weighted by atomic mass is 16.5. The molecule has 0 saturated carbocycles. The number of carbonyl (C=O) groups excluding carboxylic acids is 1. The zero-order chi connectivity index (χ0) is 19.8. The second-order valence-electron chi connectivity index (χ2n) is 5.55. The van der Waals surface area contributed by atoms with E-state index in [-0.39, 0.29) is 25.5 Å². The Morgan fingerprint density at radius 3 is 2.67 bits per heavy atom. The van der Waals surface area contributed by atoms with Gasteiger partial charge in [0.25, 0.3) is 5.89 Å². The number of nitrogens with zero attached hydrogens (tertiary/aromatic N) is 2. The monoisotopic (exact) mass is 379 g/mol. The molecule has 2 rings (SSSR count). The van der Waals surface area contributed by atoms with Crippen molar-refractivity contribution in [1.82, 2.24) is 15.5 Å². The summed E-state index contributed by atoms with van der Waals surface area (Å²) in [5.41, 5.74) is 0.515. The smallest absolute Gasteiger partial charge is 0.305 e. The standard InChI is InChI=1S/C17H21N3O7/c1-10-18-16(27-20-10)9-26-8-15(21)19-13(7-17(22)23)12-5-4-11(24-2)6-14(12)25-3/h4-6,13H,7-9H2,1-3H3,(H,19,21)(H,22,23). The molecule has 0 bridgehead atoms. The van der Waals surface area contributed by atoms with Gasteiger partial charge in [0.15, 0.2) is 5.82 Å². The number of methoxy groups -OCH3 is 2. The summed E-state index contributed by atoms with van der Waals surface area (Å²) in [4.78, 5) is 27.3. The molecule has 146 valence electrons. The molecule has 0 fully saturated rings. The van der Waals surface area contributed by atoms with E-state index in [1.807, 2.05) is 0 Å². The maximum absolute atomic E-state index is 12.2. The number of nitrogens with one attached hydrogen (secondary N) is 1. The Morgan fingerprint density at radius 1 is 1.30 bits per heavy atom. The van der Waals surface area contributed by atoms with Crippen LogP contribution in [0.25, 0.3) is 0 Å². The first-order valence-corrected chi connectivity index (χ1v) is 8.03. The lowest BCUT2D eigenvalue weighted by Gasteiger charge is -2.20. The molecule has 1 heterocycles. The highest BCUT2D eigenvalue weighted by Crippen LogP contribution is 2.31. The molecule has 0 spiro atoms. The summed E-state index contributed by atoms with van der Waals surface area (Å²) < 4.78 is 20.5. The van der Waals surface area contributed by atoms with Gasteiger partial charge in [-0.3, -0.25) is 9.59 Å². The number of aromatic nitrogens is 2. The number of carboxylic acid groups (broad SMARTS) is 1. The molecule has 0 radical (unpaired) electrons. The van der Waals surface area contributed by atoms with Crippen molar-refractivity contribution in [3.63, 3.8) is 0 Å². The molecule has 1 aromatic carbocycles. The molecule has 0 aliphatic rings. The van der Waals surface area contributed by atoms with E-state index >= 15 is 0 Å². The van der Waals surface area contributed by atoms with Crippen molar-refractivity contribution >= 4 is 11.9 Å². The van der Waals surface area contributed by atoms with Crippen LogP contribution in [0.3, 0.4) is 0 Å². The van der Waals surface area contributed by atoms with Gasteiger partial charge in [-0.25, -0.2) is 0 Å². The Balaban J connectivity index is 2.03. The van der Waals surface area contributed by atoms with Crippen LogP contribution >= 0.6 is 0 Å². The van der Waals surface area contributed by atoms with Crippen LogP contribution in [0.15, 0.2) is 22.7 Å². The van der Waals surface area contributed by atoms with Crippen LogP contribution in [0.4, 0.5) is 0 Å². The van der Waals surface area contributed by atoms with Gasteiger partial charge < -0.3 is 29.2 Å². The van der Waals surface area contributed by atoms with E-state index in [1.54, 1.807) is 25.1 Å². The Labute approximate surface area is 155 Å². The predicted molar refractivity (Wildman–Crippen MR) is 91.4 cm³/mol.